The molecule has 0 saturated heterocycles. The van der Waals surface area contributed by atoms with Crippen molar-refractivity contribution in [2.24, 2.45) is 0 Å². The largest absolute Gasteiger partial charge is 0.315 e. The Morgan fingerprint density at radius 3 is 2.68 bits per heavy atom. The van der Waals surface area contributed by atoms with Crippen molar-refractivity contribution >= 4 is 21.4 Å². The van der Waals surface area contributed by atoms with Gasteiger partial charge in [0.1, 0.15) is 0 Å². The van der Waals surface area contributed by atoms with Gasteiger partial charge < -0.3 is 5.32 Å². The first kappa shape index (κ1) is 16.6. The lowest BCUT2D eigenvalue weighted by molar-refractivity contribution is 0.551. The molecule has 0 aromatic carbocycles. The molecule has 1 aromatic rings. The summed E-state index contributed by atoms with van der Waals surface area (Å²) in [6, 6.07) is 0. The third-order valence-electron chi connectivity index (χ3n) is 2.85. The first-order valence-electron chi connectivity index (χ1n) is 6.56. The van der Waals surface area contributed by atoms with Gasteiger partial charge >= 0.3 is 0 Å². The Hall–Kier alpha value is -0.500. The number of hydrogen-bond donors (Lipinski definition) is 2. The highest BCUT2D eigenvalue weighted by atomic mass is 32.2. The molecule has 110 valence electrons. The van der Waals surface area contributed by atoms with E-state index in [0.29, 0.717) is 13.1 Å². The van der Waals surface area contributed by atoms with Crippen molar-refractivity contribution in [2.45, 2.75) is 38.4 Å². The molecule has 2 N–H and O–H groups in total. The van der Waals surface area contributed by atoms with E-state index in [1.54, 1.807) is 24.5 Å². The Kier molecular flexibility index (Phi) is 6.92. The number of nitrogens with zero attached hydrogens (tertiary/aromatic N) is 1. The van der Waals surface area contributed by atoms with Gasteiger partial charge in [-0.05, 0) is 19.9 Å². The second-order valence-corrected chi connectivity index (χ2v) is 7.79. The molecule has 0 saturated carbocycles. The molecule has 1 aromatic heterocycles. The van der Waals surface area contributed by atoms with Gasteiger partial charge in [0, 0.05) is 30.6 Å². The minimum absolute atomic E-state index is 0.102. The summed E-state index contributed by atoms with van der Waals surface area (Å²) < 4.78 is 26.7. The van der Waals surface area contributed by atoms with Crippen LogP contribution in [0.5, 0.6) is 0 Å². The van der Waals surface area contributed by atoms with Crippen molar-refractivity contribution < 1.29 is 8.42 Å². The summed E-state index contributed by atoms with van der Waals surface area (Å²) in [6.07, 6.45) is 2.74. The summed E-state index contributed by atoms with van der Waals surface area (Å²) in [6.45, 7) is 7.47. The third kappa shape index (κ3) is 5.56. The van der Waals surface area contributed by atoms with Gasteiger partial charge in [-0.25, -0.2) is 18.1 Å². The Morgan fingerprint density at radius 1 is 1.37 bits per heavy atom. The monoisotopic (exact) mass is 305 g/mol. The Morgan fingerprint density at radius 2 is 2.11 bits per heavy atom. The maximum absolute atomic E-state index is 12.0. The average Bonchev–Trinajstić information content (AvgIpc) is 2.90. The second-order valence-electron chi connectivity index (χ2n) is 4.68. The van der Waals surface area contributed by atoms with Gasteiger partial charge in [-0.1, -0.05) is 13.8 Å². The predicted molar refractivity (Wildman–Crippen MR) is 80.1 cm³/mol. The van der Waals surface area contributed by atoms with Crippen LogP contribution in [-0.2, 0) is 10.0 Å². The molecular weight excluding hydrogens is 282 g/mol. The molecule has 0 aliphatic rings. The maximum Gasteiger partial charge on any atom is 0.215 e. The van der Waals surface area contributed by atoms with E-state index in [1.165, 1.54) is 0 Å². The molecule has 0 spiro atoms. The van der Waals surface area contributed by atoms with Crippen LogP contribution >= 0.6 is 11.3 Å². The van der Waals surface area contributed by atoms with E-state index >= 15 is 0 Å². The van der Waals surface area contributed by atoms with Gasteiger partial charge in [-0.15, -0.1) is 11.3 Å². The normalized spacial score (nSPS) is 15.3. The lowest BCUT2D eigenvalue weighted by Crippen LogP contribution is -2.40. The molecular formula is C12H23N3O2S2. The highest BCUT2D eigenvalue weighted by molar-refractivity contribution is 7.90. The fourth-order valence-electron chi connectivity index (χ4n) is 1.54. The van der Waals surface area contributed by atoms with Crippen molar-refractivity contribution in [3.63, 3.8) is 0 Å². The fraction of sp³-hybridized carbons (Fsp3) is 0.750. The molecule has 0 amide bonds. The second kappa shape index (κ2) is 7.94. The number of thiazole rings is 1. The molecule has 2 atom stereocenters. The van der Waals surface area contributed by atoms with E-state index < -0.39 is 15.3 Å². The summed E-state index contributed by atoms with van der Waals surface area (Å²) in [5.74, 6) is 0.102. The minimum atomic E-state index is -3.26. The van der Waals surface area contributed by atoms with Gasteiger partial charge in [0.2, 0.25) is 10.0 Å². The first-order valence-corrected chi connectivity index (χ1v) is 8.98. The molecule has 2 unspecified atom stereocenters. The van der Waals surface area contributed by atoms with Crippen LogP contribution in [0.3, 0.4) is 0 Å². The number of rotatable bonds is 9. The van der Waals surface area contributed by atoms with Crippen LogP contribution < -0.4 is 10.0 Å². The van der Waals surface area contributed by atoms with Crippen LogP contribution in [0, 0.1) is 0 Å². The van der Waals surface area contributed by atoms with E-state index in [9.17, 15) is 8.42 Å². The van der Waals surface area contributed by atoms with Gasteiger partial charge in [0.05, 0.1) is 10.3 Å². The zero-order valence-corrected chi connectivity index (χ0v) is 13.4. The van der Waals surface area contributed by atoms with Crippen molar-refractivity contribution in [2.75, 3.05) is 19.6 Å². The molecule has 0 bridgehead atoms. The van der Waals surface area contributed by atoms with Gasteiger partial charge in [-0.3, -0.25) is 0 Å². The third-order valence-corrected chi connectivity index (χ3v) is 5.65. The van der Waals surface area contributed by atoms with Gasteiger partial charge in [-0.2, -0.15) is 0 Å². The first-order chi connectivity index (χ1) is 8.97. The fourth-order valence-corrected chi connectivity index (χ4v) is 3.34. The summed E-state index contributed by atoms with van der Waals surface area (Å²) in [5.41, 5.74) is 0. The van der Waals surface area contributed by atoms with Crippen LogP contribution in [0.1, 0.15) is 38.1 Å². The van der Waals surface area contributed by atoms with Crippen LogP contribution in [0.4, 0.5) is 0 Å². The predicted octanol–water partition coefficient (Wildman–Crippen LogP) is 1.55. The SMILES string of the molecule is CCCNCC(C)S(=O)(=O)NCC(C)c1nccs1. The van der Waals surface area contributed by atoms with Crippen molar-refractivity contribution in [3.05, 3.63) is 16.6 Å². The van der Waals surface area contributed by atoms with E-state index in [-0.39, 0.29) is 5.92 Å². The highest BCUT2D eigenvalue weighted by Gasteiger charge is 2.21. The van der Waals surface area contributed by atoms with Crippen LogP contribution in [0.25, 0.3) is 0 Å². The number of hydrogen-bond acceptors (Lipinski definition) is 5. The number of nitrogens with one attached hydrogen (secondary N) is 2. The zero-order chi connectivity index (χ0) is 14.3. The van der Waals surface area contributed by atoms with E-state index in [0.717, 1.165) is 18.0 Å². The highest BCUT2D eigenvalue weighted by Crippen LogP contribution is 2.16. The minimum Gasteiger partial charge on any atom is -0.315 e. The Balaban J connectivity index is 2.41. The summed E-state index contributed by atoms with van der Waals surface area (Å²) in [4.78, 5) is 4.19. The summed E-state index contributed by atoms with van der Waals surface area (Å²) >= 11 is 1.55. The number of aromatic nitrogens is 1. The molecule has 19 heavy (non-hydrogen) atoms. The number of sulfonamides is 1. The molecule has 5 nitrogen and oxygen atoms in total. The molecule has 7 heteroatoms. The molecule has 0 fully saturated rings. The smallest absolute Gasteiger partial charge is 0.215 e. The lowest BCUT2D eigenvalue weighted by atomic mass is 10.2. The van der Waals surface area contributed by atoms with Crippen LogP contribution in [-0.4, -0.2) is 38.3 Å². The molecule has 1 rings (SSSR count). The van der Waals surface area contributed by atoms with Crippen LogP contribution in [0.2, 0.25) is 0 Å². The maximum atomic E-state index is 12.0. The summed E-state index contributed by atoms with van der Waals surface area (Å²) in [5, 5.41) is 5.56. The van der Waals surface area contributed by atoms with E-state index in [1.807, 2.05) is 12.3 Å². The zero-order valence-electron chi connectivity index (χ0n) is 11.7. The van der Waals surface area contributed by atoms with Gasteiger partial charge in [0.15, 0.2) is 0 Å². The van der Waals surface area contributed by atoms with Crippen LogP contribution in [0.15, 0.2) is 11.6 Å². The average molecular weight is 305 g/mol. The summed E-state index contributed by atoms with van der Waals surface area (Å²) in [7, 11) is -3.26. The van der Waals surface area contributed by atoms with Gasteiger partial charge in [0.25, 0.3) is 0 Å². The van der Waals surface area contributed by atoms with Crippen molar-refractivity contribution in [1.82, 2.24) is 15.0 Å². The topological polar surface area (TPSA) is 71.1 Å². The van der Waals surface area contributed by atoms with E-state index in [2.05, 4.69) is 21.9 Å². The molecule has 0 aliphatic heterocycles. The quantitative estimate of drug-likeness (QED) is 0.679. The standard InChI is InChI=1S/C12H23N3O2S2/c1-4-5-13-9-11(3)19(16,17)15-8-10(2)12-14-6-7-18-12/h6-7,10-11,13,15H,4-5,8-9H2,1-3H3. The molecule has 0 radical (unpaired) electrons. The molecule has 0 aliphatic carbocycles. The van der Waals surface area contributed by atoms with Crippen molar-refractivity contribution in [1.29, 1.82) is 0 Å². The van der Waals surface area contributed by atoms with E-state index in [4.69, 9.17) is 0 Å². The molecule has 1 heterocycles. The Labute approximate surface area is 119 Å². The van der Waals surface area contributed by atoms with Crippen molar-refractivity contribution in [3.8, 4) is 0 Å². The Bertz CT molecular complexity index is 446. The lowest BCUT2D eigenvalue weighted by Gasteiger charge is -2.16.